The summed E-state index contributed by atoms with van der Waals surface area (Å²) in [6, 6.07) is 0. The molecule has 0 aromatic carbocycles. The molecule has 1 aliphatic heterocycles. The van der Waals surface area contributed by atoms with Crippen LogP contribution in [0.1, 0.15) is 38.7 Å². The van der Waals surface area contributed by atoms with Crippen LogP contribution in [0.5, 0.6) is 0 Å². The van der Waals surface area contributed by atoms with Gasteiger partial charge in [-0.15, -0.1) is 0 Å². The van der Waals surface area contributed by atoms with E-state index in [9.17, 15) is 0 Å². The molecule has 1 aliphatic rings. The second kappa shape index (κ2) is 6.19. The zero-order chi connectivity index (χ0) is 13.7. The van der Waals surface area contributed by atoms with Gasteiger partial charge in [0.1, 0.15) is 18.0 Å². The van der Waals surface area contributed by atoms with Gasteiger partial charge < -0.3 is 15.4 Å². The molecule has 0 bridgehead atoms. The van der Waals surface area contributed by atoms with Crippen molar-refractivity contribution in [2.45, 2.75) is 45.6 Å². The summed E-state index contributed by atoms with van der Waals surface area (Å²) in [6.45, 7) is 8.92. The molecule has 1 atom stereocenters. The number of rotatable bonds is 6. The summed E-state index contributed by atoms with van der Waals surface area (Å²) in [5.41, 5.74) is 1.01. The van der Waals surface area contributed by atoms with Crippen LogP contribution in [0.15, 0.2) is 6.33 Å². The Hall–Kier alpha value is -1.36. The number of hydrogen-bond donors (Lipinski definition) is 2. The molecule has 2 rings (SSSR count). The van der Waals surface area contributed by atoms with Crippen molar-refractivity contribution in [2.75, 3.05) is 30.3 Å². The second-order valence-electron chi connectivity index (χ2n) is 5.38. The Bertz CT molecular complexity index is 416. The lowest BCUT2D eigenvalue weighted by Gasteiger charge is -2.24. The SMILES string of the molecule is CCCNc1ncnc(NCC2(C)CCCO2)c1C. The van der Waals surface area contributed by atoms with Gasteiger partial charge in [-0.05, 0) is 33.1 Å². The van der Waals surface area contributed by atoms with Gasteiger partial charge in [0.05, 0.1) is 5.60 Å². The Kier molecular flexibility index (Phi) is 4.58. The fraction of sp³-hybridized carbons (Fsp3) is 0.714. The molecule has 1 saturated heterocycles. The monoisotopic (exact) mass is 264 g/mol. The average Bonchev–Trinajstić information content (AvgIpc) is 2.84. The Morgan fingerprint density at radius 2 is 2.05 bits per heavy atom. The van der Waals surface area contributed by atoms with Gasteiger partial charge in [0.25, 0.3) is 0 Å². The van der Waals surface area contributed by atoms with Gasteiger partial charge in [-0.1, -0.05) is 6.92 Å². The highest BCUT2D eigenvalue weighted by atomic mass is 16.5. The van der Waals surface area contributed by atoms with E-state index in [1.807, 2.05) is 6.92 Å². The summed E-state index contributed by atoms with van der Waals surface area (Å²) < 4.78 is 5.78. The molecule has 19 heavy (non-hydrogen) atoms. The number of nitrogens with one attached hydrogen (secondary N) is 2. The molecule has 1 aromatic heterocycles. The Morgan fingerprint density at radius 3 is 2.68 bits per heavy atom. The third-order valence-electron chi connectivity index (χ3n) is 3.56. The molecule has 0 aliphatic carbocycles. The molecule has 106 valence electrons. The molecular weight excluding hydrogens is 240 g/mol. The highest BCUT2D eigenvalue weighted by Crippen LogP contribution is 2.26. The molecule has 1 fully saturated rings. The van der Waals surface area contributed by atoms with E-state index in [2.05, 4.69) is 34.4 Å². The van der Waals surface area contributed by atoms with Gasteiger partial charge in [-0.3, -0.25) is 0 Å². The maximum absolute atomic E-state index is 5.78. The average molecular weight is 264 g/mol. The van der Waals surface area contributed by atoms with Gasteiger partial charge in [0.2, 0.25) is 0 Å². The van der Waals surface area contributed by atoms with E-state index in [4.69, 9.17) is 4.74 Å². The molecule has 0 amide bonds. The maximum atomic E-state index is 5.78. The number of ether oxygens (including phenoxy) is 1. The lowest BCUT2D eigenvalue weighted by Crippen LogP contribution is -2.33. The van der Waals surface area contributed by atoms with Gasteiger partial charge in [0, 0.05) is 25.3 Å². The van der Waals surface area contributed by atoms with Gasteiger partial charge in [0.15, 0.2) is 0 Å². The van der Waals surface area contributed by atoms with Crippen LogP contribution in [0.25, 0.3) is 0 Å². The van der Waals surface area contributed by atoms with Crippen molar-refractivity contribution in [1.82, 2.24) is 9.97 Å². The molecule has 2 N–H and O–H groups in total. The first-order valence-corrected chi connectivity index (χ1v) is 7.08. The molecular formula is C14H24N4O. The van der Waals surface area contributed by atoms with Crippen LogP contribution >= 0.6 is 0 Å². The molecule has 0 spiro atoms. The van der Waals surface area contributed by atoms with Gasteiger partial charge >= 0.3 is 0 Å². The number of nitrogens with zero attached hydrogens (tertiary/aromatic N) is 2. The second-order valence-corrected chi connectivity index (χ2v) is 5.38. The molecule has 2 heterocycles. The van der Waals surface area contributed by atoms with Crippen LogP contribution in [0.4, 0.5) is 11.6 Å². The van der Waals surface area contributed by atoms with Crippen molar-refractivity contribution in [3.63, 3.8) is 0 Å². The van der Waals surface area contributed by atoms with Crippen LogP contribution in [-0.4, -0.2) is 35.3 Å². The van der Waals surface area contributed by atoms with Crippen molar-refractivity contribution in [2.24, 2.45) is 0 Å². The largest absolute Gasteiger partial charge is 0.373 e. The predicted molar refractivity (Wildman–Crippen MR) is 77.6 cm³/mol. The number of hydrogen-bond acceptors (Lipinski definition) is 5. The minimum absolute atomic E-state index is 0.0611. The Balaban J connectivity index is 1.99. The number of anilines is 2. The zero-order valence-electron chi connectivity index (χ0n) is 12.1. The van der Waals surface area contributed by atoms with Gasteiger partial charge in [-0.2, -0.15) is 0 Å². The van der Waals surface area contributed by atoms with E-state index in [0.29, 0.717) is 0 Å². The third kappa shape index (κ3) is 3.56. The highest BCUT2D eigenvalue weighted by molar-refractivity contribution is 5.56. The lowest BCUT2D eigenvalue weighted by molar-refractivity contribution is 0.0314. The van der Waals surface area contributed by atoms with Crippen molar-refractivity contribution < 1.29 is 4.74 Å². The number of aromatic nitrogens is 2. The quantitative estimate of drug-likeness (QED) is 0.827. The third-order valence-corrected chi connectivity index (χ3v) is 3.56. The molecule has 0 saturated carbocycles. The van der Waals surface area contributed by atoms with E-state index < -0.39 is 0 Å². The molecule has 1 aromatic rings. The van der Waals surface area contributed by atoms with E-state index in [1.54, 1.807) is 6.33 Å². The molecule has 5 heteroatoms. The fourth-order valence-electron chi connectivity index (χ4n) is 2.30. The van der Waals surface area contributed by atoms with Crippen LogP contribution < -0.4 is 10.6 Å². The summed E-state index contributed by atoms with van der Waals surface area (Å²) in [4.78, 5) is 8.60. The van der Waals surface area contributed by atoms with Gasteiger partial charge in [-0.25, -0.2) is 9.97 Å². The van der Waals surface area contributed by atoms with Crippen molar-refractivity contribution >= 4 is 11.6 Å². The Morgan fingerprint density at radius 1 is 1.32 bits per heavy atom. The van der Waals surface area contributed by atoms with Crippen LogP contribution in [0, 0.1) is 6.92 Å². The minimum Gasteiger partial charge on any atom is -0.373 e. The lowest BCUT2D eigenvalue weighted by atomic mass is 10.0. The van der Waals surface area contributed by atoms with E-state index in [0.717, 1.165) is 56.2 Å². The summed E-state index contributed by atoms with van der Waals surface area (Å²) in [5.74, 6) is 1.81. The first-order valence-electron chi connectivity index (χ1n) is 7.08. The maximum Gasteiger partial charge on any atom is 0.134 e. The van der Waals surface area contributed by atoms with Crippen LogP contribution in [0.2, 0.25) is 0 Å². The predicted octanol–water partition coefficient (Wildman–Crippen LogP) is 2.59. The van der Waals surface area contributed by atoms with E-state index in [1.165, 1.54) is 0 Å². The van der Waals surface area contributed by atoms with Crippen molar-refractivity contribution in [1.29, 1.82) is 0 Å². The van der Waals surface area contributed by atoms with Crippen LogP contribution in [0.3, 0.4) is 0 Å². The minimum atomic E-state index is -0.0611. The molecule has 1 unspecified atom stereocenters. The smallest absolute Gasteiger partial charge is 0.134 e. The standard InChI is InChI=1S/C14H24N4O/c1-4-7-15-12-11(2)13(18-10-17-12)16-9-14(3)6-5-8-19-14/h10H,4-9H2,1-3H3,(H2,15,16,17,18). The fourth-order valence-corrected chi connectivity index (χ4v) is 2.30. The summed E-state index contributed by atoms with van der Waals surface area (Å²) >= 11 is 0. The van der Waals surface area contributed by atoms with Crippen molar-refractivity contribution in [3.8, 4) is 0 Å². The van der Waals surface area contributed by atoms with E-state index in [-0.39, 0.29) is 5.60 Å². The highest BCUT2D eigenvalue weighted by Gasteiger charge is 2.29. The Labute approximate surface area is 115 Å². The summed E-state index contributed by atoms with van der Waals surface area (Å²) in [7, 11) is 0. The van der Waals surface area contributed by atoms with Crippen molar-refractivity contribution in [3.05, 3.63) is 11.9 Å². The summed E-state index contributed by atoms with van der Waals surface area (Å²) in [6.07, 6.45) is 4.93. The first-order chi connectivity index (χ1) is 9.14. The van der Waals surface area contributed by atoms with E-state index >= 15 is 0 Å². The molecule has 0 radical (unpaired) electrons. The topological polar surface area (TPSA) is 59.1 Å². The first kappa shape index (κ1) is 14.1. The zero-order valence-corrected chi connectivity index (χ0v) is 12.1. The summed E-state index contributed by atoms with van der Waals surface area (Å²) in [5, 5.41) is 6.71. The normalized spacial score (nSPS) is 22.5. The van der Waals surface area contributed by atoms with Crippen LogP contribution in [-0.2, 0) is 4.74 Å². The molecule has 5 nitrogen and oxygen atoms in total.